The Kier molecular flexibility index (Phi) is 4.11. The number of halogens is 3. The molecule has 0 aliphatic heterocycles. The van der Waals surface area contributed by atoms with Crippen LogP contribution in [0.1, 0.15) is 22.8 Å². The lowest BCUT2D eigenvalue weighted by Gasteiger charge is -2.11. The number of alkyl halides is 3. The Morgan fingerprint density at radius 3 is 2.29 bits per heavy atom. The zero-order chi connectivity index (χ0) is 13.1. The van der Waals surface area contributed by atoms with Crippen molar-refractivity contribution in [3.05, 3.63) is 35.4 Å². The Balaban J connectivity index is 2.78. The Morgan fingerprint density at radius 2 is 1.88 bits per heavy atom. The minimum Gasteiger partial charge on any atom is -0.394 e. The smallest absolute Gasteiger partial charge is 0.394 e. The van der Waals surface area contributed by atoms with Crippen LogP contribution in [0.5, 0.6) is 0 Å². The van der Waals surface area contributed by atoms with Crippen LogP contribution >= 0.6 is 0 Å². The van der Waals surface area contributed by atoms with Crippen LogP contribution in [-0.4, -0.2) is 23.7 Å². The minimum atomic E-state index is -4.41. The van der Waals surface area contributed by atoms with Crippen molar-refractivity contribution >= 4 is 5.91 Å². The van der Waals surface area contributed by atoms with Gasteiger partial charge in [-0.05, 0) is 31.2 Å². The predicted octanol–water partition coefficient (Wildman–Crippen LogP) is 1.82. The van der Waals surface area contributed by atoms with Gasteiger partial charge in [0, 0.05) is 11.6 Å². The summed E-state index contributed by atoms with van der Waals surface area (Å²) in [6.07, 6.45) is -4.41. The molecule has 0 aromatic heterocycles. The van der Waals surface area contributed by atoms with E-state index in [4.69, 9.17) is 5.11 Å². The number of nitrogens with one attached hydrogen (secondary N) is 1. The van der Waals surface area contributed by atoms with Crippen molar-refractivity contribution in [3.63, 3.8) is 0 Å². The van der Waals surface area contributed by atoms with Crippen LogP contribution in [0, 0.1) is 0 Å². The van der Waals surface area contributed by atoms with Gasteiger partial charge in [0.25, 0.3) is 5.91 Å². The lowest BCUT2D eigenvalue weighted by Crippen LogP contribution is -2.34. The Morgan fingerprint density at radius 1 is 1.35 bits per heavy atom. The maximum atomic E-state index is 12.3. The second-order valence-corrected chi connectivity index (χ2v) is 3.63. The molecule has 1 aromatic rings. The number of carbonyl (C=O) groups is 1. The summed E-state index contributed by atoms with van der Waals surface area (Å²) in [5, 5.41) is 11.2. The average molecular weight is 247 g/mol. The highest BCUT2D eigenvalue weighted by molar-refractivity contribution is 5.94. The van der Waals surface area contributed by atoms with E-state index in [-0.39, 0.29) is 12.2 Å². The number of hydrogen-bond acceptors (Lipinski definition) is 2. The molecular weight excluding hydrogens is 235 g/mol. The van der Waals surface area contributed by atoms with Crippen LogP contribution in [0.4, 0.5) is 13.2 Å². The number of aliphatic hydroxyl groups excluding tert-OH is 1. The van der Waals surface area contributed by atoms with Crippen LogP contribution in [-0.2, 0) is 6.18 Å². The molecule has 1 atom stereocenters. The molecule has 0 heterocycles. The Labute approximate surface area is 96.3 Å². The van der Waals surface area contributed by atoms with Gasteiger partial charge in [-0.1, -0.05) is 0 Å². The van der Waals surface area contributed by atoms with E-state index in [1.807, 2.05) is 0 Å². The molecule has 3 nitrogen and oxygen atoms in total. The molecule has 1 aromatic carbocycles. The third kappa shape index (κ3) is 3.74. The zero-order valence-electron chi connectivity index (χ0n) is 9.08. The molecule has 2 N–H and O–H groups in total. The average Bonchev–Trinajstić information content (AvgIpc) is 2.27. The third-order valence-electron chi connectivity index (χ3n) is 2.13. The number of hydrogen-bond donors (Lipinski definition) is 2. The predicted molar refractivity (Wildman–Crippen MR) is 55.5 cm³/mol. The van der Waals surface area contributed by atoms with E-state index in [2.05, 4.69) is 5.32 Å². The molecule has 0 fully saturated rings. The second kappa shape index (κ2) is 5.18. The van der Waals surface area contributed by atoms with Gasteiger partial charge < -0.3 is 10.4 Å². The highest BCUT2D eigenvalue weighted by atomic mass is 19.4. The van der Waals surface area contributed by atoms with E-state index in [0.29, 0.717) is 0 Å². The summed E-state index contributed by atoms with van der Waals surface area (Å²) >= 11 is 0. The molecule has 0 aliphatic carbocycles. The van der Waals surface area contributed by atoms with Gasteiger partial charge in [-0.2, -0.15) is 13.2 Å². The third-order valence-corrected chi connectivity index (χ3v) is 2.13. The minimum absolute atomic E-state index is 0.123. The van der Waals surface area contributed by atoms with Crippen LogP contribution in [0.3, 0.4) is 0 Å². The molecule has 0 aliphatic rings. The summed E-state index contributed by atoms with van der Waals surface area (Å²) in [5.74, 6) is -0.514. The molecule has 0 bridgehead atoms. The lowest BCUT2D eigenvalue weighted by molar-refractivity contribution is -0.137. The van der Waals surface area contributed by atoms with Crippen molar-refractivity contribution in [2.45, 2.75) is 19.1 Å². The van der Waals surface area contributed by atoms with E-state index in [0.717, 1.165) is 24.3 Å². The van der Waals surface area contributed by atoms with Crippen molar-refractivity contribution < 1.29 is 23.1 Å². The van der Waals surface area contributed by atoms with Crippen LogP contribution in [0.2, 0.25) is 0 Å². The van der Waals surface area contributed by atoms with Gasteiger partial charge in [-0.3, -0.25) is 4.79 Å². The molecule has 0 saturated heterocycles. The van der Waals surface area contributed by atoms with E-state index in [1.165, 1.54) is 0 Å². The molecule has 17 heavy (non-hydrogen) atoms. The fourth-order valence-electron chi connectivity index (χ4n) is 1.16. The van der Waals surface area contributed by atoms with Crippen molar-refractivity contribution in [3.8, 4) is 0 Å². The van der Waals surface area contributed by atoms with E-state index >= 15 is 0 Å². The summed E-state index contributed by atoms with van der Waals surface area (Å²) in [6, 6.07) is 3.45. The SMILES string of the molecule is C[C@H](CO)NC(=O)c1ccc(C(F)(F)F)cc1. The first-order valence-corrected chi connectivity index (χ1v) is 4.93. The molecule has 1 amide bonds. The maximum absolute atomic E-state index is 12.3. The Bertz CT molecular complexity index is 387. The monoisotopic (exact) mass is 247 g/mol. The molecule has 0 saturated carbocycles. The number of amides is 1. The number of aliphatic hydroxyl groups is 1. The van der Waals surface area contributed by atoms with Gasteiger partial charge in [-0.25, -0.2) is 0 Å². The molecule has 0 radical (unpaired) electrons. The standard InChI is InChI=1S/C11H12F3NO2/c1-7(6-16)15-10(17)8-2-4-9(5-3-8)11(12,13)14/h2-5,7,16H,6H2,1H3,(H,15,17)/t7-/m1/s1. The molecule has 0 unspecified atom stereocenters. The summed E-state index contributed by atoms with van der Waals surface area (Å²) in [5.41, 5.74) is -0.678. The Hall–Kier alpha value is -1.56. The first kappa shape index (κ1) is 13.5. The summed E-state index contributed by atoms with van der Waals surface area (Å²) in [4.78, 5) is 11.5. The molecule has 0 spiro atoms. The summed E-state index contributed by atoms with van der Waals surface area (Å²) in [6.45, 7) is 1.36. The highest BCUT2D eigenvalue weighted by Gasteiger charge is 2.30. The van der Waals surface area contributed by atoms with Gasteiger partial charge in [0.2, 0.25) is 0 Å². The molecular formula is C11H12F3NO2. The van der Waals surface area contributed by atoms with Crippen molar-refractivity contribution in [2.24, 2.45) is 0 Å². The van der Waals surface area contributed by atoms with Gasteiger partial charge in [0.05, 0.1) is 12.2 Å². The number of carbonyl (C=O) groups excluding carboxylic acids is 1. The number of rotatable bonds is 3. The molecule has 94 valence electrons. The zero-order valence-corrected chi connectivity index (χ0v) is 9.08. The normalized spacial score (nSPS) is 13.2. The fourth-order valence-corrected chi connectivity index (χ4v) is 1.16. The van der Waals surface area contributed by atoms with E-state index in [1.54, 1.807) is 6.92 Å². The van der Waals surface area contributed by atoms with E-state index < -0.39 is 23.7 Å². The van der Waals surface area contributed by atoms with Crippen molar-refractivity contribution in [1.82, 2.24) is 5.32 Å². The first-order valence-electron chi connectivity index (χ1n) is 4.93. The van der Waals surface area contributed by atoms with Crippen molar-refractivity contribution in [2.75, 3.05) is 6.61 Å². The number of benzene rings is 1. The first-order chi connectivity index (χ1) is 7.84. The second-order valence-electron chi connectivity index (χ2n) is 3.63. The molecule has 6 heteroatoms. The maximum Gasteiger partial charge on any atom is 0.416 e. The fraction of sp³-hybridized carbons (Fsp3) is 0.364. The molecule has 1 rings (SSSR count). The van der Waals surface area contributed by atoms with Crippen LogP contribution < -0.4 is 5.32 Å². The highest BCUT2D eigenvalue weighted by Crippen LogP contribution is 2.28. The van der Waals surface area contributed by atoms with Crippen LogP contribution in [0.25, 0.3) is 0 Å². The van der Waals surface area contributed by atoms with Gasteiger partial charge in [-0.15, -0.1) is 0 Å². The summed E-state index contributed by atoms with van der Waals surface area (Å²) < 4.78 is 36.8. The van der Waals surface area contributed by atoms with Crippen LogP contribution in [0.15, 0.2) is 24.3 Å². The topological polar surface area (TPSA) is 49.3 Å². The quantitative estimate of drug-likeness (QED) is 0.855. The van der Waals surface area contributed by atoms with E-state index in [9.17, 15) is 18.0 Å². The van der Waals surface area contributed by atoms with Gasteiger partial charge in [0.1, 0.15) is 0 Å². The largest absolute Gasteiger partial charge is 0.416 e. The van der Waals surface area contributed by atoms with Crippen molar-refractivity contribution in [1.29, 1.82) is 0 Å². The van der Waals surface area contributed by atoms with Gasteiger partial charge in [0.15, 0.2) is 0 Å². The van der Waals surface area contributed by atoms with Gasteiger partial charge >= 0.3 is 6.18 Å². The summed E-state index contributed by atoms with van der Waals surface area (Å²) in [7, 11) is 0. The lowest BCUT2D eigenvalue weighted by atomic mass is 10.1.